The number of nitrogens with zero attached hydrogens (tertiary/aromatic N) is 2. The van der Waals surface area contributed by atoms with Crippen LogP contribution in [0.5, 0.6) is 0 Å². The number of hydrogen-bond acceptors (Lipinski definition) is 3. The molecule has 1 aromatic carbocycles. The first-order valence-corrected chi connectivity index (χ1v) is 6.70. The molecule has 0 spiro atoms. The number of hydrazine groups is 1. The molecular formula is C13H10Cl3N3. The molecule has 0 aromatic heterocycles. The first-order chi connectivity index (χ1) is 9.06. The van der Waals surface area contributed by atoms with Crippen LogP contribution >= 0.6 is 35.0 Å². The van der Waals surface area contributed by atoms with E-state index < -0.39 is 0 Å². The monoisotopic (exact) mass is 313 g/mol. The van der Waals surface area contributed by atoms with Crippen LogP contribution in [-0.2, 0) is 0 Å². The van der Waals surface area contributed by atoms with Crippen LogP contribution in [0.3, 0.4) is 0 Å². The van der Waals surface area contributed by atoms with Crippen molar-refractivity contribution >= 4 is 40.6 Å². The van der Waals surface area contributed by atoms with Gasteiger partial charge in [-0.05, 0) is 18.2 Å². The fraction of sp³-hybridized carbons (Fsp3) is 0.0769. The number of fused-ring (bicyclic) bond motifs is 1. The molecule has 19 heavy (non-hydrogen) atoms. The summed E-state index contributed by atoms with van der Waals surface area (Å²) in [6.07, 6.45) is 5.62. The Hall–Kier alpha value is -1.29. The zero-order valence-electron chi connectivity index (χ0n) is 9.99. The van der Waals surface area contributed by atoms with Gasteiger partial charge < -0.3 is 0 Å². The molecule has 0 radical (unpaired) electrons. The van der Waals surface area contributed by atoms with E-state index in [2.05, 4.69) is 5.43 Å². The second-order valence-corrected chi connectivity index (χ2v) is 5.48. The van der Waals surface area contributed by atoms with E-state index in [1.165, 1.54) is 0 Å². The number of benzene rings is 1. The highest BCUT2D eigenvalue weighted by Gasteiger charge is 2.26. The lowest BCUT2D eigenvalue weighted by Crippen LogP contribution is -2.25. The van der Waals surface area contributed by atoms with Crippen LogP contribution in [0, 0.1) is 0 Å². The molecule has 1 N–H and O–H groups in total. The number of allylic oxidation sites excluding steroid dienone is 2. The largest absolute Gasteiger partial charge is 0.296 e. The summed E-state index contributed by atoms with van der Waals surface area (Å²) in [6.45, 7) is 0. The summed E-state index contributed by atoms with van der Waals surface area (Å²) in [7, 11) is 1.91. The van der Waals surface area contributed by atoms with E-state index in [9.17, 15) is 0 Å². The van der Waals surface area contributed by atoms with Gasteiger partial charge >= 0.3 is 0 Å². The van der Waals surface area contributed by atoms with Gasteiger partial charge in [0.25, 0.3) is 0 Å². The molecule has 2 aliphatic rings. The van der Waals surface area contributed by atoms with Gasteiger partial charge in [-0.25, -0.2) is 0 Å². The van der Waals surface area contributed by atoms with E-state index in [4.69, 9.17) is 35.0 Å². The predicted octanol–water partition coefficient (Wildman–Crippen LogP) is 3.98. The maximum atomic E-state index is 6.27. The molecule has 2 heterocycles. The molecular weight excluding hydrogens is 305 g/mol. The second kappa shape index (κ2) is 4.67. The average Bonchev–Trinajstić information content (AvgIpc) is 2.73. The first kappa shape index (κ1) is 12.7. The molecule has 1 aromatic rings. The number of hydrogen-bond donors (Lipinski definition) is 1. The van der Waals surface area contributed by atoms with Gasteiger partial charge in [-0.1, -0.05) is 29.3 Å². The third-order valence-electron chi connectivity index (χ3n) is 2.95. The van der Waals surface area contributed by atoms with Gasteiger partial charge in [0, 0.05) is 52.4 Å². The minimum atomic E-state index is 0.610. The van der Waals surface area contributed by atoms with E-state index in [0.29, 0.717) is 10.0 Å². The SMILES string of the molecule is CN1C=C2C(=C(c3ccc(Cl)cc3Cl)C=CN2Cl)N1. The highest BCUT2D eigenvalue weighted by atomic mass is 35.5. The van der Waals surface area contributed by atoms with Crippen molar-refractivity contribution in [1.29, 1.82) is 0 Å². The maximum absolute atomic E-state index is 6.27. The van der Waals surface area contributed by atoms with Crippen molar-refractivity contribution in [2.75, 3.05) is 7.05 Å². The standard InChI is InChI=1S/C13H10Cl3N3/c1-18-7-12-13(17-18)10(4-5-19(12)16)9-3-2-8(14)6-11(9)15/h2-7,17H,1H3. The van der Waals surface area contributed by atoms with E-state index in [0.717, 1.165) is 22.5 Å². The molecule has 3 nitrogen and oxygen atoms in total. The smallest absolute Gasteiger partial charge is 0.101 e. The average molecular weight is 315 g/mol. The molecule has 0 amide bonds. The molecule has 0 fully saturated rings. The van der Waals surface area contributed by atoms with Gasteiger partial charge in [0.15, 0.2) is 0 Å². The minimum Gasteiger partial charge on any atom is -0.296 e. The lowest BCUT2D eigenvalue weighted by Gasteiger charge is -2.21. The van der Waals surface area contributed by atoms with Crippen LogP contribution in [0.2, 0.25) is 10.0 Å². The van der Waals surface area contributed by atoms with Crippen molar-refractivity contribution in [2.24, 2.45) is 0 Å². The number of halogens is 3. The summed E-state index contributed by atoms with van der Waals surface area (Å²) in [5.41, 5.74) is 6.92. The van der Waals surface area contributed by atoms with E-state index in [1.807, 2.05) is 36.5 Å². The molecule has 2 aliphatic heterocycles. The molecule has 3 rings (SSSR count). The van der Waals surface area contributed by atoms with Crippen molar-refractivity contribution in [3.05, 3.63) is 63.7 Å². The Morgan fingerprint density at radius 3 is 2.74 bits per heavy atom. The summed E-state index contributed by atoms with van der Waals surface area (Å²) in [5, 5.41) is 3.07. The molecule has 0 saturated heterocycles. The Bertz CT molecular complexity index is 634. The summed E-state index contributed by atoms with van der Waals surface area (Å²) < 4.78 is 1.54. The highest BCUT2D eigenvalue weighted by Crippen LogP contribution is 2.37. The van der Waals surface area contributed by atoms with Crippen LogP contribution in [0.15, 0.2) is 48.1 Å². The number of nitrogens with one attached hydrogen (secondary N) is 1. The fourth-order valence-corrected chi connectivity index (χ4v) is 2.80. The normalized spacial score (nSPS) is 17.6. The van der Waals surface area contributed by atoms with Crippen LogP contribution in [0.4, 0.5) is 0 Å². The minimum absolute atomic E-state index is 0.610. The molecule has 0 bridgehead atoms. The zero-order chi connectivity index (χ0) is 13.6. The van der Waals surface area contributed by atoms with Crippen molar-refractivity contribution in [3.63, 3.8) is 0 Å². The van der Waals surface area contributed by atoms with Crippen molar-refractivity contribution in [3.8, 4) is 0 Å². The fourth-order valence-electron chi connectivity index (χ4n) is 2.11. The van der Waals surface area contributed by atoms with Crippen molar-refractivity contribution in [2.45, 2.75) is 0 Å². The summed E-state index contributed by atoms with van der Waals surface area (Å²) in [5.74, 6) is 0. The van der Waals surface area contributed by atoms with Crippen molar-refractivity contribution in [1.82, 2.24) is 14.9 Å². The molecule has 98 valence electrons. The molecule has 0 unspecified atom stereocenters. The molecule has 0 aliphatic carbocycles. The number of rotatable bonds is 1. The van der Waals surface area contributed by atoms with Crippen LogP contribution in [-0.4, -0.2) is 16.5 Å². The van der Waals surface area contributed by atoms with Gasteiger partial charge in [0.2, 0.25) is 0 Å². The predicted molar refractivity (Wildman–Crippen MR) is 79.2 cm³/mol. The quantitative estimate of drug-likeness (QED) is 0.791. The Morgan fingerprint density at radius 2 is 2.00 bits per heavy atom. The Balaban J connectivity index is 2.15. The highest BCUT2D eigenvalue weighted by molar-refractivity contribution is 6.35. The third-order valence-corrected chi connectivity index (χ3v) is 3.80. The van der Waals surface area contributed by atoms with E-state index in [-0.39, 0.29) is 0 Å². The van der Waals surface area contributed by atoms with Crippen LogP contribution in [0.1, 0.15) is 5.56 Å². The maximum Gasteiger partial charge on any atom is 0.101 e. The van der Waals surface area contributed by atoms with Gasteiger partial charge in [0.1, 0.15) is 5.70 Å². The van der Waals surface area contributed by atoms with E-state index in [1.54, 1.807) is 16.7 Å². The Morgan fingerprint density at radius 1 is 1.21 bits per heavy atom. The summed E-state index contributed by atoms with van der Waals surface area (Å²) >= 11 is 18.3. The first-order valence-electron chi connectivity index (χ1n) is 5.61. The zero-order valence-corrected chi connectivity index (χ0v) is 12.3. The van der Waals surface area contributed by atoms with Gasteiger partial charge in [0.05, 0.1) is 5.70 Å². The van der Waals surface area contributed by atoms with Crippen LogP contribution in [0.25, 0.3) is 5.57 Å². The summed E-state index contributed by atoms with van der Waals surface area (Å²) in [4.78, 5) is 0. The van der Waals surface area contributed by atoms with Crippen molar-refractivity contribution < 1.29 is 0 Å². The lowest BCUT2D eigenvalue weighted by molar-refractivity contribution is 0.398. The van der Waals surface area contributed by atoms with Crippen LogP contribution < -0.4 is 5.43 Å². The summed E-state index contributed by atoms with van der Waals surface area (Å²) in [6, 6.07) is 5.45. The van der Waals surface area contributed by atoms with Gasteiger partial charge in [-0.3, -0.25) is 14.9 Å². The molecule has 0 atom stereocenters. The van der Waals surface area contributed by atoms with Gasteiger partial charge in [-0.15, -0.1) is 0 Å². The lowest BCUT2D eigenvalue weighted by atomic mass is 10.0. The third kappa shape index (κ3) is 2.18. The topological polar surface area (TPSA) is 18.5 Å². The Labute approximate surface area is 126 Å². The second-order valence-electron chi connectivity index (χ2n) is 4.28. The molecule has 6 heteroatoms. The molecule has 0 saturated carbocycles. The van der Waals surface area contributed by atoms with Gasteiger partial charge in [-0.2, -0.15) is 0 Å². The van der Waals surface area contributed by atoms with E-state index >= 15 is 0 Å². The Kier molecular flexibility index (Phi) is 3.13.